The van der Waals surface area contributed by atoms with Crippen molar-refractivity contribution in [3.63, 3.8) is 0 Å². The summed E-state index contributed by atoms with van der Waals surface area (Å²) in [6.45, 7) is 5.10. The van der Waals surface area contributed by atoms with Crippen LogP contribution in [0.3, 0.4) is 0 Å². The Hall–Kier alpha value is -0.940. The van der Waals surface area contributed by atoms with Crippen molar-refractivity contribution in [2.75, 3.05) is 33.5 Å². The highest BCUT2D eigenvalue weighted by Gasteiger charge is 2.08. The van der Waals surface area contributed by atoms with Crippen LogP contribution in [-0.4, -0.2) is 33.5 Å². The molecule has 2 aromatic rings. The van der Waals surface area contributed by atoms with Crippen LogP contribution in [0.1, 0.15) is 17.8 Å². The molecule has 1 heterocycles. The molecule has 0 aliphatic heterocycles. The quantitative estimate of drug-likeness (QED) is 0.753. The summed E-state index contributed by atoms with van der Waals surface area (Å²) < 4.78 is 11.7. The van der Waals surface area contributed by atoms with Crippen molar-refractivity contribution in [3.8, 4) is 0 Å². The zero-order valence-corrected chi connectivity index (χ0v) is 12.3. The van der Waals surface area contributed by atoms with E-state index in [-0.39, 0.29) is 0 Å². The highest BCUT2D eigenvalue weighted by molar-refractivity contribution is 7.19. The van der Waals surface area contributed by atoms with Crippen LogP contribution in [0.25, 0.3) is 10.1 Å². The highest BCUT2D eigenvalue weighted by Crippen LogP contribution is 2.29. The molecule has 0 fully saturated rings. The summed E-state index contributed by atoms with van der Waals surface area (Å²) in [6, 6.07) is 11.1. The Labute approximate surface area is 118 Å². The maximum atomic E-state index is 5.44. The van der Waals surface area contributed by atoms with E-state index in [0.717, 1.165) is 13.2 Å². The minimum absolute atomic E-state index is 0.364. The molecule has 1 aromatic heterocycles. The van der Waals surface area contributed by atoms with Gasteiger partial charge in [-0.05, 0) is 24.4 Å². The lowest BCUT2D eigenvalue weighted by Gasteiger charge is -2.12. The summed E-state index contributed by atoms with van der Waals surface area (Å²) in [4.78, 5) is 1.37. The minimum atomic E-state index is 0.364. The SMILES string of the molecule is COCCOCCNC(C)c1cc2ccccc2s1. The predicted octanol–water partition coefficient (Wildman–Crippen LogP) is 3.21. The van der Waals surface area contributed by atoms with E-state index >= 15 is 0 Å². The molecule has 0 spiro atoms. The molecule has 104 valence electrons. The Morgan fingerprint density at radius 2 is 2.05 bits per heavy atom. The van der Waals surface area contributed by atoms with E-state index in [0.29, 0.717) is 19.3 Å². The molecule has 0 aliphatic rings. The summed E-state index contributed by atoms with van der Waals surface area (Å²) in [7, 11) is 1.69. The van der Waals surface area contributed by atoms with Gasteiger partial charge in [0.2, 0.25) is 0 Å². The van der Waals surface area contributed by atoms with E-state index in [2.05, 4.69) is 42.6 Å². The molecule has 1 N–H and O–H groups in total. The van der Waals surface area contributed by atoms with Crippen LogP contribution in [-0.2, 0) is 9.47 Å². The van der Waals surface area contributed by atoms with Gasteiger partial charge in [0.1, 0.15) is 0 Å². The number of nitrogens with one attached hydrogen (secondary N) is 1. The van der Waals surface area contributed by atoms with Crippen LogP contribution in [0, 0.1) is 0 Å². The molecule has 0 saturated carbocycles. The van der Waals surface area contributed by atoms with Gasteiger partial charge in [0.15, 0.2) is 0 Å². The summed E-state index contributed by atoms with van der Waals surface area (Å²) in [5.41, 5.74) is 0. The van der Waals surface area contributed by atoms with Gasteiger partial charge in [-0.3, -0.25) is 0 Å². The topological polar surface area (TPSA) is 30.5 Å². The normalized spacial score (nSPS) is 12.9. The maximum absolute atomic E-state index is 5.44. The molecule has 4 heteroatoms. The molecular weight excluding hydrogens is 258 g/mol. The van der Waals surface area contributed by atoms with Gasteiger partial charge in [0.05, 0.1) is 19.8 Å². The van der Waals surface area contributed by atoms with Crippen molar-refractivity contribution < 1.29 is 9.47 Å². The number of methoxy groups -OCH3 is 1. The fourth-order valence-electron chi connectivity index (χ4n) is 1.91. The van der Waals surface area contributed by atoms with Gasteiger partial charge in [-0.15, -0.1) is 11.3 Å². The smallest absolute Gasteiger partial charge is 0.0700 e. The van der Waals surface area contributed by atoms with E-state index < -0.39 is 0 Å². The van der Waals surface area contributed by atoms with Crippen LogP contribution < -0.4 is 5.32 Å². The fraction of sp³-hybridized carbons (Fsp3) is 0.467. The van der Waals surface area contributed by atoms with Crippen molar-refractivity contribution in [2.24, 2.45) is 0 Å². The van der Waals surface area contributed by atoms with Crippen molar-refractivity contribution in [1.82, 2.24) is 5.32 Å². The number of fused-ring (bicyclic) bond motifs is 1. The van der Waals surface area contributed by atoms with Gasteiger partial charge in [-0.2, -0.15) is 0 Å². The second-order valence-electron chi connectivity index (χ2n) is 4.47. The molecule has 19 heavy (non-hydrogen) atoms. The zero-order valence-electron chi connectivity index (χ0n) is 11.5. The molecule has 3 nitrogen and oxygen atoms in total. The summed E-state index contributed by atoms with van der Waals surface area (Å²) in [5, 5.41) is 4.81. The van der Waals surface area contributed by atoms with Crippen LogP contribution in [0.15, 0.2) is 30.3 Å². The van der Waals surface area contributed by atoms with Crippen LogP contribution in [0.2, 0.25) is 0 Å². The number of benzene rings is 1. The van der Waals surface area contributed by atoms with E-state index in [1.54, 1.807) is 7.11 Å². The summed E-state index contributed by atoms with van der Waals surface area (Å²) in [6.07, 6.45) is 0. The third kappa shape index (κ3) is 4.28. The van der Waals surface area contributed by atoms with Gasteiger partial charge < -0.3 is 14.8 Å². The van der Waals surface area contributed by atoms with Gasteiger partial charge in [0.25, 0.3) is 0 Å². The molecule has 1 aromatic carbocycles. The lowest BCUT2D eigenvalue weighted by molar-refractivity contribution is 0.0712. The Kier molecular flexibility index (Phi) is 5.79. The van der Waals surface area contributed by atoms with Crippen molar-refractivity contribution in [2.45, 2.75) is 13.0 Å². The second kappa shape index (κ2) is 7.60. The molecule has 0 amide bonds. The van der Waals surface area contributed by atoms with Crippen molar-refractivity contribution >= 4 is 21.4 Å². The molecule has 0 aliphatic carbocycles. The maximum Gasteiger partial charge on any atom is 0.0700 e. The largest absolute Gasteiger partial charge is 0.382 e. The Morgan fingerprint density at radius 3 is 2.84 bits per heavy atom. The number of ether oxygens (including phenoxy) is 2. The number of thiophene rings is 1. The molecule has 0 radical (unpaired) electrons. The lowest BCUT2D eigenvalue weighted by atomic mass is 10.2. The first-order valence-electron chi connectivity index (χ1n) is 6.60. The molecule has 2 rings (SSSR count). The monoisotopic (exact) mass is 279 g/mol. The van der Waals surface area contributed by atoms with Crippen LogP contribution in [0.5, 0.6) is 0 Å². The average Bonchev–Trinajstić information content (AvgIpc) is 2.86. The Morgan fingerprint density at radius 1 is 1.21 bits per heavy atom. The first kappa shape index (κ1) is 14.5. The summed E-state index contributed by atoms with van der Waals surface area (Å²) in [5.74, 6) is 0. The number of rotatable bonds is 8. The Bertz CT molecular complexity index is 465. The first-order valence-corrected chi connectivity index (χ1v) is 7.41. The second-order valence-corrected chi connectivity index (χ2v) is 5.58. The van der Waals surface area contributed by atoms with Crippen LogP contribution in [0.4, 0.5) is 0 Å². The fourth-order valence-corrected chi connectivity index (χ4v) is 3.00. The van der Waals surface area contributed by atoms with Crippen molar-refractivity contribution in [3.05, 3.63) is 35.2 Å². The van der Waals surface area contributed by atoms with E-state index in [4.69, 9.17) is 9.47 Å². The molecule has 0 saturated heterocycles. The van der Waals surface area contributed by atoms with Crippen molar-refractivity contribution in [1.29, 1.82) is 0 Å². The standard InChI is InChI=1S/C15H21NO2S/c1-12(16-7-8-18-10-9-17-2)15-11-13-5-3-4-6-14(13)19-15/h3-6,11-12,16H,7-10H2,1-2H3. The van der Waals surface area contributed by atoms with E-state index in [1.165, 1.54) is 15.0 Å². The molecule has 1 unspecified atom stereocenters. The van der Waals surface area contributed by atoms with Crippen LogP contribution >= 0.6 is 11.3 Å². The lowest BCUT2D eigenvalue weighted by Crippen LogP contribution is -2.23. The third-order valence-corrected chi connectivity index (χ3v) is 4.30. The van der Waals surface area contributed by atoms with Gasteiger partial charge >= 0.3 is 0 Å². The number of hydrogen-bond acceptors (Lipinski definition) is 4. The first-order chi connectivity index (χ1) is 9.31. The number of hydrogen-bond donors (Lipinski definition) is 1. The van der Waals surface area contributed by atoms with E-state index in [9.17, 15) is 0 Å². The third-order valence-electron chi connectivity index (χ3n) is 3.00. The summed E-state index contributed by atoms with van der Waals surface area (Å²) >= 11 is 1.85. The minimum Gasteiger partial charge on any atom is -0.382 e. The molecule has 0 bridgehead atoms. The van der Waals surface area contributed by atoms with Gasteiger partial charge in [-0.1, -0.05) is 18.2 Å². The Balaban J connectivity index is 1.78. The van der Waals surface area contributed by atoms with E-state index in [1.807, 2.05) is 11.3 Å². The van der Waals surface area contributed by atoms with Gasteiger partial charge in [0, 0.05) is 29.3 Å². The van der Waals surface area contributed by atoms with Gasteiger partial charge in [-0.25, -0.2) is 0 Å². The predicted molar refractivity (Wildman–Crippen MR) is 80.9 cm³/mol. The molecule has 1 atom stereocenters. The highest BCUT2D eigenvalue weighted by atomic mass is 32.1. The zero-order chi connectivity index (χ0) is 13.5. The average molecular weight is 279 g/mol. The molecular formula is C15H21NO2S.